The fourth-order valence-electron chi connectivity index (χ4n) is 2.43. The molecule has 2 aromatic carbocycles. The molecule has 0 spiro atoms. The van der Waals surface area contributed by atoms with Crippen LogP contribution < -0.4 is 5.32 Å². The van der Waals surface area contributed by atoms with Crippen LogP contribution in [-0.4, -0.2) is 13.0 Å². The first-order chi connectivity index (χ1) is 8.29. The van der Waals surface area contributed by atoms with Gasteiger partial charge >= 0.3 is 0 Å². The van der Waals surface area contributed by atoms with E-state index in [4.69, 9.17) is 0 Å². The van der Waals surface area contributed by atoms with E-state index in [2.05, 4.69) is 29.6 Å². The van der Waals surface area contributed by atoms with Crippen LogP contribution in [0.2, 0.25) is 0 Å². The number of amides is 1. The molecule has 0 aliphatic heterocycles. The van der Waals surface area contributed by atoms with E-state index in [1.165, 1.54) is 22.3 Å². The molecular weight excluding hydrogens is 210 g/mol. The predicted octanol–water partition coefficient (Wildman–Crippen LogP) is 2.62. The summed E-state index contributed by atoms with van der Waals surface area (Å²) in [5.41, 5.74) is 5.88. The van der Waals surface area contributed by atoms with Crippen molar-refractivity contribution in [1.29, 1.82) is 0 Å². The second-order valence-corrected chi connectivity index (χ2v) is 4.28. The van der Waals surface area contributed by atoms with Gasteiger partial charge in [0.15, 0.2) is 0 Å². The molecule has 0 saturated carbocycles. The molecule has 0 aromatic heterocycles. The largest absolute Gasteiger partial charge is 0.355 e. The molecule has 0 saturated heterocycles. The molecule has 2 heteroatoms. The Bertz CT molecular complexity index is 602. The Balaban J connectivity index is 2.10. The third-order valence-electron chi connectivity index (χ3n) is 3.28. The number of carbonyl (C=O) groups excluding carboxylic acids is 1. The number of nitrogens with one attached hydrogen (secondary N) is 1. The van der Waals surface area contributed by atoms with Crippen LogP contribution in [0.4, 0.5) is 0 Å². The van der Waals surface area contributed by atoms with E-state index >= 15 is 0 Å². The van der Waals surface area contributed by atoms with Crippen molar-refractivity contribution in [3.05, 3.63) is 59.2 Å². The summed E-state index contributed by atoms with van der Waals surface area (Å²) >= 11 is 0. The number of carbonyl (C=O) groups is 1. The molecule has 1 N–H and O–H groups in total. The molecule has 0 unspecified atom stereocenters. The van der Waals surface area contributed by atoms with E-state index in [9.17, 15) is 4.79 Å². The smallest absolute Gasteiger partial charge is 0.251 e. The van der Waals surface area contributed by atoms with Gasteiger partial charge in [0.25, 0.3) is 5.91 Å². The molecule has 2 nitrogen and oxygen atoms in total. The van der Waals surface area contributed by atoms with Crippen molar-refractivity contribution in [3.63, 3.8) is 0 Å². The zero-order valence-electron chi connectivity index (χ0n) is 9.66. The van der Waals surface area contributed by atoms with E-state index < -0.39 is 0 Å². The Morgan fingerprint density at radius 3 is 2.65 bits per heavy atom. The number of hydrogen-bond acceptors (Lipinski definition) is 1. The summed E-state index contributed by atoms with van der Waals surface area (Å²) in [5, 5.41) is 2.65. The summed E-state index contributed by atoms with van der Waals surface area (Å²) in [6.07, 6.45) is 0.927. The zero-order valence-corrected chi connectivity index (χ0v) is 9.66. The van der Waals surface area contributed by atoms with Gasteiger partial charge in [-0.2, -0.15) is 0 Å². The maximum absolute atomic E-state index is 11.6. The van der Waals surface area contributed by atoms with Crippen molar-refractivity contribution in [1.82, 2.24) is 5.32 Å². The van der Waals surface area contributed by atoms with Gasteiger partial charge in [-0.1, -0.05) is 30.3 Å². The van der Waals surface area contributed by atoms with E-state index in [0.717, 1.165) is 12.0 Å². The maximum Gasteiger partial charge on any atom is 0.251 e. The first kappa shape index (κ1) is 10.1. The monoisotopic (exact) mass is 223 g/mol. The standard InChI is InChI=1S/C15H13NO/c1-16-15(17)11-6-7-14-12(9-11)8-10-4-2-3-5-13(10)14/h2-7,9H,8H2,1H3,(H,16,17). The van der Waals surface area contributed by atoms with Crippen LogP contribution >= 0.6 is 0 Å². The molecule has 84 valence electrons. The molecule has 0 bridgehead atoms. The normalized spacial score (nSPS) is 11.8. The minimum atomic E-state index is -0.0243. The number of fused-ring (bicyclic) bond motifs is 3. The van der Waals surface area contributed by atoms with Crippen molar-refractivity contribution < 1.29 is 4.79 Å². The Labute approximate surface area is 100 Å². The van der Waals surface area contributed by atoms with Gasteiger partial charge in [-0.15, -0.1) is 0 Å². The van der Waals surface area contributed by atoms with Crippen molar-refractivity contribution >= 4 is 5.91 Å². The summed E-state index contributed by atoms with van der Waals surface area (Å²) in [7, 11) is 1.66. The highest BCUT2D eigenvalue weighted by Gasteiger charge is 2.18. The highest BCUT2D eigenvalue weighted by atomic mass is 16.1. The fraction of sp³-hybridized carbons (Fsp3) is 0.133. The molecule has 0 atom stereocenters. The van der Waals surface area contributed by atoms with Crippen LogP contribution in [0.15, 0.2) is 42.5 Å². The lowest BCUT2D eigenvalue weighted by Gasteiger charge is -2.04. The van der Waals surface area contributed by atoms with E-state index in [0.29, 0.717) is 0 Å². The first-order valence-corrected chi connectivity index (χ1v) is 5.73. The average molecular weight is 223 g/mol. The van der Waals surface area contributed by atoms with E-state index in [1.807, 2.05) is 18.2 Å². The second kappa shape index (κ2) is 3.74. The van der Waals surface area contributed by atoms with Gasteiger partial charge in [0.05, 0.1) is 0 Å². The Morgan fingerprint density at radius 1 is 1.06 bits per heavy atom. The maximum atomic E-state index is 11.6. The number of rotatable bonds is 1. The van der Waals surface area contributed by atoms with Gasteiger partial charge in [0.2, 0.25) is 0 Å². The van der Waals surface area contributed by atoms with Crippen LogP contribution in [0, 0.1) is 0 Å². The second-order valence-electron chi connectivity index (χ2n) is 4.28. The SMILES string of the molecule is CNC(=O)c1ccc2c(c1)Cc1ccccc1-2. The topological polar surface area (TPSA) is 29.1 Å². The molecular formula is C15H13NO. The van der Waals surface area contributed by atoms with Crippen molar-refractivity contribution in [2.24, 2.45) is 0 Å². The summed E-state index contributed by atoms with van der Waals surface area (Å²) in [5.74, 6) is -0.0243. The third kappa shape index (κ3) is 1.53. The molecule has 17 heavy (non-hydrogen) atoms. The number of hydrogen-bond donors (Lipinski definition) is 1. The van der Waals surface area contributed by atoms with Crippen LogP contribution in [0.5, 0.6) is 0 Å². The molecule has 0 fully saturated rings. The lowest BCUT2D eigenvalue weighted by Crippen LogP contribution is -2.17. The van der Waals surface area contributed by atoms with Gasteiger partial charge in [-0.3, -0.25) is 4.79 Å². The molecule has 1 amide bonds. The zero-order chi connectivity index (χ0) is 11.8. The summed E-state index contributed by atoms with van der Waals surface area (Å²) < 4.78 is 0. The van der Waals surface area contributed by atoms with Crippen LogP contribution in [0.25, 0.3) is 11.1 Å². The highest BCUT2D eigenvalue weighted by molar-refractivity contribution is 5.95. The van der Waals surface area contributed by atoms with Gasteiger partial charge < -0.3 is 5.32 Å². The van der Waals surface area contributed by atoms with Crippen molar-refractivity contribution in [2.45, 2.75) is 6.42 Å². The molecule has 0 heterocycles. The molecule has 0 radical (unpaired) electrons. The first-order valence-electron chi connectivity index (χ1n) is 5.73. The van der Waals surface area contributed by atoms with Gasteiger partial charge in [0.1, 0.15) is 0 Å². The number of benzene rings is 2. The van der Waals surface area contributed by atoms with Gasteiger partial charge in [0, 0.05) is 12.6 Å². The Hall–Kier alpha value is -2.09. The van der Waals surface area contributed by atoms with E-state index in [-0.39, 0.29) is 5.91 Å². The van der Waals surface area contributed by atoms with Crippen LogP contribution in [0.3, 0.4) is 0 Å². The lowest BCUT2D eigenvalue weighted by molar-refractivity contribution is 0.0963. The van der Waals surface area contributed by atoms with Crippen molar-refractivity contribution in [3.8, 4) is 11.1 Å². The molecule has 3 rings (SSSR count). The van der Waals surface area contributed by atoms with Gasteiger partial charge in [-0.05, 0) is 40.8 Å². The quantitative estimate of drug-likeness (QED) is 0.675. The Morgan fingerprint density at radius 2 is 1.82 bits per heavy atom. The summed E-state index contributed by atoms with van der Waals surface area (Å²) in [6.45, 7) is 0. The fourth-order valence-corrected chi connectivity index (χ4v) is 2.43. The minimum absolute atomic E-state index is 0.0243. The molecule has 1 aliphatic carbocycles. The van der Waals surface area contributed by atoms with Crippen molar-refractivity contribution in [2.75, 3.05) is 7.05 Å². The van der Waals surface area contributed by atoms with Crippen LogP contribution in [-0.2, 0) is 6.42 Å². The average Bonchev–Trinajstić information content (AvgIpc) is 2.75. The lowest BCUT2D eigenvalue weighted by atomic mass is 10.0. The molecule has 2 aromatic rings. The minimum Gasteiger partial charge on any atom is -0.355 e. The highest BCUT2D eigenvalue weighted by Crippen LogP contribution is 2.36. The molecule has 1 aliphatic rings. The van der Waals surface area contributed by atoms with E-state index in [1.54, 1.807) is 7.05 Å². The predicted molar refractivity (Wildman–Crippen MR) is 68.1 cm³/mol. The third-order valence-corrected chi connectivity index (χ3v) is 3.28. The summed E-state index contributed by atoms with van der Waals surface area (Å²) in [4.78, 5) is 11.6. The van der Waals surface area contributed by atoms with Crippen LogP contribution in [0.1, 0.15) is 21.5 Å². The van der Waals surface area contributed by atoms with Gasteiger partial charge in [-0.25, -0.2) is 0 Å². The Kier molecular flexibility index (Phi) is 2.22. The summed E-state index contributed by atoms with van der Waals surface area (Å²) in [6, 6.07) is 14.3.